The van der Waals surface area contributed by atoms with Gasteiger partial charge in [-0.15, -0.1) is 0 Å². The fourth-order valence-electron chi connectivity index (χ4n) is 2.48. The first-order valence-corrected chi connectivity index (χ1v) is 5.40. The lowest BCUT2D eigenvalue weighted by Gasteiger charge is -2.07. The first kappa shape index (κ1) is 9.96. The molecule has 1 saturated carbocycles. The van der Waals surface area contributed by atoms with Crippen molar-refractivity contribution in [1.29, 1.82) is 0 Å². The van der Waals surface area contributed by atoms with Crippen LogP contribution in [0, 0.1) is 29.4 Å². The second-order valence-corrected chi connectivity index (χ2v) is 4.40. The molecule has 0 amide bonds. The maximum atomic E-state index is 13.2. The van der Waals surface area contributed by atoms with Gasteiger partial charge in [-0.1, -0.05) is 0 Å². The van der Waals surface area contributed by atoms with Crippen LogP contribution < -0.4 is 10.1 Å². The molecule has 3 rings (SSSR count). The van der Waals surface area contributed by atoms with E-state index in [0.29, 0.717) is 24.4 Å². The number of piperidine rings is 1. The highest BCUT2D eigenvalue weighted by atomic mass is 19.1. The molecule has 1 aromatic heterocycles. The minimum absolute atomic E-state index is 0.0978. The maximum Gasteiger partial charge on any atom is 0.250 e. The molecule has 0 spiro atoms. The smallest absolute Gasteiger partial charge is 0.250 e. The van der Waals surface area contributed by atoms with Crippen molar-refractivity contribution in [3.63, 3.8) is 0 Å². The summed E-state index contributed by atoms with van der Waals surface area (Å²) in [6.07, 6.45) is 0.966. The summed E-state index contributed by atoms with van der Waals surface area (Å²) in [4.78, 5) is 3.58. The molecule has 1 aromatic rings. The van der Waals surface area contributed by atoms with E-state index in [1.165, 1.54) is 0 Å². The first-order valence-electron chi connectivity index (χ1n) is 5.40. The summed E-state index contributed by atoms with van der Waals surface area (Å²) in [5, 5.41) is 3.27. The standard InChI is InChI=1S/C11H12F2N2O/c12-6-1-10(13)11(15-2-6)16-5-9-7-3-14-4-8(7)9/h1-2,7-9,14H,3-5H2/t7-,8+,9?. The van der Waals surface area contributed by atoms with E-state index in [1.807, 2.05) is 0 Å². The molecular formula is C11H12F2N2O. The number of fused-ring (bicyclic) bond motifs is 1. The van der Waals surface area contributed by atoms with Gasteiger partial charge in [0.05, 0.1) is 12.8 Å². The van der Waals surface area contributed by atoms with Gasteiger partial charge in [-0.05, 0) is 24.9 Å². The molecule has 5 heteroatoms. The van der Waals surface area contributed by atoms with Crippen molar-refractivity contribution in [2.24, 2.45) is 17.8 Å². The predicted molar refractivity (Wildman–Crippen MR) is 53.0 cm³/mol. The summed E-state index contributed by atoms with van der Waals surface area (Å²) in [7, 11) is 0. The van der Waals surface area contributed by atoms with Crippen LogP contribution in [-0.2, 0) is 0 Å². The topological polar surface area (TPSA) is 34.1 Å². The van der Waals surface area contributed by atoms with E-state index in [9.17, 15) is 8.78 Å². The van der Waals surface area contributed by atoms with Gasteiger partial charge in [-0.2, -0.15) is 0 Å². The fourth-order valence-corrected chi connectivity index (χ4v) is 2.48. The van der Waals surface area contributed by atoms with Crippen LogP contribution >= 0.6 is 0 Å². The van der Waals surface area contributed by atoms with Crippen LogP contribution in [0.4, 0.5) is 8.78 Å². The molecule has 1 aliphatic heterocycles. The van der Waals surface area contributed by atoms with Crippen molar-refractivity contribution < 1.29 is 13.5 Å². The van der Waals surface area contributed by atoms with Gasteiger partial charge < -0.3 is 10.1 Å². The lowest BCUT2D eigenvalue weighted by molar-refractivity contribution is 0.256. The van der Waals surface area contributed by atoms with Crippen LogP contribution in [0.1, 0.15) is 0 Å². The molecule has 0 bridgehead atoms. The van der Waals surface area contributed by atoms with E-state index >= 15 is 0 Å². The number of hydrogen-bond donors (Lipinski definition) is 1. The molecule has 1 unspecified atom stereocenters. The maximum absolute atomic E-state index is 13.2. The molecule has 1 saturated heterocycles. The molecule has 3 nitrogen and oxygen atoms in total. The Morgan fingerprint density at radius 3 is 2.81 bits per heavy atom. The highest BCUT2D eigenvalue weighted by molar-refractivity contribution is 5.15. The van der Waals surface area contributed by atoms with Gasteiger partial charge in [0.1, 0.15) is 5.82 Å². The van der Waals surface area contributed by atoms with E-state index in [2.05, 4.69) is 10.3 Å². The molecule has 2 fully saturated rings. The average Bonchev–Trinajstić information content (AvgIpc) is 2.71. The Morgan fingerprint density at radius 1 is 1.38 bits per heavy atom. The van der Waals surface area contributed by atoms with E-state index in [-0.39, 0.29) is 5.88 Å². The number of rotatable bonds is 3. The minimum atomic E-state index is -0.732. The molecular weight excluding hydrogens is 214 g/mol. The van der Waals surface area contributed by atoms with Crippen LogP contribution in [0.2, 0.25) is 0 Å². The van der Waals surface area contributed by atoms with Gasteiger partial charge in [0, 0.05) is 12.0 Å². The Labute approximate surface area is 91.8 Å². The molecule has 1 N–H and O–H groups in total. The van der Waals surface area contributed by atoms with Crippen molar-refractivity contribution in [3.05, 3.63) is 23.9 Å². The Kier molecular flexibility index (Phi) is 2.28. The quantitative estimate of drug-likeness (QED) is 0.841. The summed E-state index contributed by atoms with van der Waals surface area (Å²) < 4.78 is 31.0. The third-order valence-corrected chi connectivity index (χ3v) is 3.46. The van der Waals surface area contributed by atoms with Crippen molar-refractivity contribution >= 4 is 0 Å². The molecule has 86 valence electrons. The van der Waals surface area contributed by atoms with E-state index in [0.717, 1.165) is 25.4 Å². The minimum Gasteiger partial charge on any atom is -0.475 e. The van der Waals surface area contributed by atoms with Crippen molar-refractivity contribution in [2.45, 2.75) is 0 Å². The lowest BCUT2D eigenvalue weighted by atomic mass is 10.3. The Bertz CT molecular complexity index is 403. The number of nitrogens with one attached hydrogen (secondary N) is 1. The monoisotopic (exact) mass is 226 g/mol. The number of halogens is 2. The van der Waals surface area contributed by atoms with Crippen molar-refractivity contribution in [2.75, 3.05) is 19.7 Å². The van der Waals surface area contributed by atoms with Crippen LogP contribution in [-0.4, -0.2) is 24.7 Å². The second kappa shape index (κ2) is 3.66. The molecule has 0 aromatic carbocycles. The number of aromatic nitrogens is 1. The highest BCUT2D eigenvalue weighted by Gasteiger charge is 2.53. The largest absolute Gasteiger partial charge is 0.475 e. The van der Waals surface area contributed by atoms with E-state index in [1.54, 1.807) is 0 Å². The van der Waals surface area contributed by atoms with Gasteiger partial charge in [0.25, 0.3) is 5.88 Å². The normalized spacial score (nSPS) is 31.2. The molecule has 0 radical (unpaired) electrons. The lowest BCUT2D eigenvalue weighted by Crippen LogP contribution is -2.18. The summed E-state index contributed by atoms with van der Waals surface area (Å²) in [5.41, 5.74) is 0. The van der Waals surface area contributed by atoms with E-state index < -0.39 is 11.6 Å². The van der Waals surface area contributed by atoms with Crippen LogP contribution in [0.5, 0.6) is 5.88 Å². The molecule has 1 aliphatic carbocycles. The van der Waals surface area contributed by atoms with Crippen LogP contribution in [0.25, 0.3) is 0 Å². The summed E-state index contributed by atoms with van der Waals surface area (Å²) in [6, 6.07) is 0.789. The second-order valence-electron chi connectivity index (χ2n) is 4.40. The summed E-state index contributed by atoms with van der Waals surface area (Å²) in [6.45, 7) is 2.53. The molecule has 3 atom stereocenters. The third-order valence-electron chi connectivity index (χ3n) is 3.46. The summed E-state index contributed by atoms with van der Waals surface area (Å²) >= 11 is 0. The average molecular weight is 226 g/mol. The number of nitrogens with zero attached hydrogens (tertiary/aromatic N) is 1. The molecule has 2 heterocycles. The Morgan fingerprint density at radius 2 is 2.12 bits per heavy atom. The number of ether oxygens (including phenoxy) is 1. The van der Waals surface area contributed by atoms with Gasteiger partial charge in [0.2, 0.25) is 0 Å². The third kappa shape index (κ3) is 1.65. The number of pyridine rings is 1. The first-order chi connectivity index (χ1) is 7.75. The molecule has 2 aliphatic rings. The van der Waals surface area contributed by atoms with Crippen molar-refractivity contribution in [1.82, 2.24) is 10.3 Å². The zero-order valence-electron chi connectivity index (χ0n) is 8.62. The van der Waals surface area contributed by atoms with Crippen LogP contribution in [0.3, 0.4) is 0 Å². The van der Waals surface area contributed by atoms with Crippen molar-refractivity contribution in [3.8, 4) is 5.88 Å². The molecule has 16 heavy (non-hydrogen) atoms. The van der Waals surface area contributed by atoms with Gasteiger partial charge in [-0.25, -0.2) is 13.8 Å². The predicted octanol–water partition coefficient (Wildman–Crippen LogP) is 1.20. The summed E-state index contributed by atoms with van der Waals surface area (Å²) in [5.74, 6) is 0.333. The highest BCUT2D eigenvalue weighted by Crippen LogP contribution is 2.48. The van der Waals surface area contributed by atoms with Gasteiger partial charge >= 0.3 is 0 Å². The Hall–Kier alpha value is -1.23. The van der Waals surface area contributed by atoms with E-state index in [4.69, 9.17) is 4.74 Å². The van der Waals surface area contributed by atoms with Gasteiger partial charge in [-0.3, -0.25) is 0 Å². The fraction of sp³-hybridized carbons (Fsp3) is 0.545. The Balaban J connectivity index is 1.59. The van der Waals surface area contributed by atoms with Gasteiger partial charge in [0.15, 0.2) is 5.82 Å². The number of hydrogen-bond acceptors (Lipinski definition) is 3. The SMILES string of the molecule is Fc1cnc(OCC2[C@H]3CNC[C@@H]23)c(F)c1. The zero-order valence-corrected chi connectivity index (χ0v) is 8.62. The zero-order chi connectivity index (χ0) is 11.1. The van der Waals surface area contributed by atoms with Crippen LogP contribution in [0.15, 0.2) is 12.3 Å².